The zero-order valence-corrected chi connectivity index (χ0v) is 15.6. The van der Waals surface area contributed by atoms with Crippen molar-refractivity contribution in [2.75, 3.05) is 13.2 Å². The molecule has 27 heavy (non-hydrogen) atoms. The van der Waals surface area contributed by atoms with Gasteiger partial charge < -0.3 is 10.1 Å². The van der Waals surface area contributed by atoms with Crippen LogP contribution in [0.3, 0.4) is 0 Å². The number of nitrogens with one attached hydrogen (secondary N) is 1. The van der Waals surface area contributed by atoms with E-state index in [-0.39, 0.29) is 0 Å². The molecule has 2 unspecified atom stereocenters. The van der Waals surface area contributed by atoms with Gasteiger partial charge in [0.25, 0.3) is 0 Å². The number of hydrogen-bond acceptors (Lipinski definition) is 3. The first kappa shape index (κ1) is 17.7. The van der Waals surface area contributed by atoms with Crippen LogP contribution in [0, 0.1) is 5.92 Å². The second-order valence-corrected chi connectivity index (χ2v) is 7.18. The summed E-state index contributed by atoms with van der Waals surface area (Å²) < 4.78 is 6.16. The summed E-state index contributed by atoms with van der Waals surface area (Å²) in [6, 6.07) is 21.3. The van der Waals surface area contributed by atoms with E-state index in [9.17, 15) is 0 Å². The maximum atomic E-state index is 6.16. The van der Waals surface area contributed by atoms with Gasteiger partial charge in [0, 0.05) is 23.5 Å². The van der Waals surface area contributed by atoms with Gasteiger partial charge >= 0.3 is 0 Å². The molecule has 2 atom stereocenters. The monoisotopic (exact) mass is 358 g/mol. The highest BCUT2D eigenvalue weighted by atomic mass is 16.5. The van der Waals surface area contributed by atoms with Crippen molar-refractivity contribution in [3.63, 3.8) is 0 Å². The van der Waals surface area contributed by atoms with Crippen LogP contribution >= 0.6 is 0 Å². The predicted molar refractivity (Wildman–Crippen MR) is 111 cm³/mol. The van der Waals surface area contributed by atoms with Gasteiger partial charge in [-0.05, 0) is 55.6 Å². The van der Waals surface area contributed by atoms with Crippen molar-refractivity contribution in [3.8, 4) is 5.75 Å². The number of fused-ring (bicyclic) bond motifs is 1. The number of ether oxygens (including phenoxy) is 1. The Labute approximate surface area is 161 Å². The minimum absolute atomic E-state index is 0.444. The molecule has 3 heteroatoms. The highest BCUT2D eigenvalue weighted by molar-refractivity contribution is 5.84. The molecule has 1 N–H and O–H groups in total. The normalized spacial score (nSPS) is 19.3. The Bertz CT molecular complexity index is 886. The molecule has 1 aromatic heterocycles. The Morgan fingerprint density at radius 2 is 1.93 bits per heavy atom. The van der Waals surface area contributed by atoms with Gasteiger partial charge in [-0.25, -0.2) is 0 Å². The lowest BCUT2D eigenvalue weighted by Gasteiger charge is -2.26. The van der Waals surface area contributed by atoms with Gasteiger partial charge in [-0.3, -0.25) is 4.98 Å². The van der Waals surface area contributed by atoms with Crippen LogP contribution < -0.4 is 10.1 Å². The largest absolute Gasteiger partial charge is 0.492 e. The lowest BCUT2D eigenvalue weighted by atomic mass is 9.92. The molecule has 1 heterocycles. The Kier molecular flexibility index (Phi) is 5.80. The molecule has 4 rings (SSSR count). The van der Waals surface area contributed by atoms with Crippen LogP contribution in [0.25, 0.3) is 10.9 Å². The van der Waals surface area contributed by atoms with Gasteiger partial charge in [0.2, 0.25) is 0 Å². The molecule has 0 aliphatic heterocycles. The van der Waals surface area contributed by atoms with E-state index in [4.69, 9.17) is 4.74 Å². The quantitative estimate of drug-likeness (QED) is 0.617. The Balaban J connectivity index is 1.28. The third kappa shape index (κ3) is 4.75. The highest BCUT2D eigenvalue weighted by Gasteiger charge is 2.18. The SMILES string of the molecule is C1=CC(COc2cccc3ncccc23)CC(NCCc2ccccc2)C1. The van der Waals surface area contributed by atoms with Crippen LogP contribution in [0.5, 0.6) is 5.75 Å². The predicted octanol–water partition coefficient (Wildman–Crippen LogP) is 4.78. The van der Waals surface area contributed by atoms with Crippen molar-refractivity contribution < 1.29 is 4.74 Å². The summed E-state index contributed by atoms with van der Waals surface area (Å²) in [5.74, 6) is 1.37. The van der Waals surface area contributed by atoms with E-state index >= 15 is 0 Å². The molecular formula is C24H26N2O. The average molecular weight is 358 g/mol. The van der Waals surface area contributed by atoms with Crippen LogP contribution in [0.15, 0.2) is 79.0 Å². The third-order valence-electron chi connectivity index (χ3n) is 5.16. The lowest BCUT2D eigenvalue weighted by molar-refractivity contribution is 0.251. The van der Waals surface area contributed by atoms with E-state index in [1.165, 1.54) is 5.56 Å². The van der Waals surface area contributed by atoms with Crippen molar-refractivity contribution in [3.05, 3.63) is 84.6 Å². The number of hydrogen-bond donors (Lipinski definition) is 1. The summed E-state index contributed by atoms with van der Waals surface area (Å²) in [5, 5.41) is 4.79. The molecule has 0 bridgehead atoms. The molecule has 1 aliphatic carbocycles. The van der Waals surface area contributed by atoms with Crippen molar-refractivity contribution >= 4 is 10.9 Å². The molecule has 0 spiro atoms. The first-order chi connectivity index (χ1) is 13.4. The molecule has 2 aromatic carbocycles. The van der Waals surface area contributed by atoms with Crippen molar-refractivity contribution in [1.29, 1.82) is 0 Å². The van der Waals surface area contributed by atoms with E-state index in [1.807, 2.05) is 30.5 Å². The molecule has 3 nitrogen and oxygen atoms in total. The molecule has 0 saturated carbocycles. The van der Waals surface area contributed by atoms with Crippen molar-refractivity contribution in [2.24, 2.45) is 5.92 Å². The number of benzene rings is 2. The van der Waals surface area contributed by atoms with Gasteiger partial charge in [0.15, 0.2) is 0 Å². The summed E-state index contributed by atoms with van der Waals surface area (Å²) in [4.78, 5) is 4.40. The molecule has 1 aliphatic rings. The molecule has 138 valence electrons. The first-order valence-electron chi connectivity index (χ1n) is 9.79. The van der Waals surface area contributed by atoms with Gasteiger partial charge in [0.1, 0.15) is 5.75 Å². The van der Waals surface area contributed by atoms with E-state index in [2.05, 4.69) is 58.9 Å². The Morgan fingerprint density at radius 3 is 2.85 bits per heavy atom. The number of nitrogens with zero attached hydrogens (tertiary/aromatic N) is 1. The molecular weight excluding hydrogens is 332 g/mol. The zero-order valence-electron chi connectivity index (χ0n) is 15.6. The highest BCUT2D eigenvalue weighted by Crippen LogP contribution is 2.26. The summed E-state index contributed by atoms with van der Waals surface area (Å²) in [7, 11) is 0. The number of aromatic nitrogens is 1. The molecule has 0 fully saturated rings. The van der Waals surface area contributed by atoms with Gasteiger partial charge in [-0.2, -0.15) is 0 Å². The van der Waals surface area contributed by atoms with Crippen LogP contribution in [0.1, 0.15) is 18.4 Å². The third-order valence-corrected chi connectivity index (χ3v) is 5.16. The fraction of sp³-hybridized carbons (Fsp3) is 0.292. The van der Waals surface area contributed by atoms with E-state index < -0.39 is 0 Å². The molecule has 0 saturated heterocycles. The first-order valence-corrected chi connectivity index (χ1v) is 9.79. The second kappa shape index (κ2) is 8.83. The molecule has 0 radical (unpaired) electrons. The molecule has 3 aromatic rings. The van der Waals surface area contributed by atoms with Crippen LogP contribution in [0.2, 0.25) is 0 Å². The zero-order chi connectivity index (χ0) is 18.3. The van der Waals surface area contributed by atoms with Gasteiger partial charge in [0.05, 0.1) is 12.1 Å². The topological polar surface area (TPSA) is 34.1 Å². The minimum atomic E-state index is 0.444. The maximum Gasteiger partial charge on any atom is 0.128 e. The van der Waals surface area contributed by atoms with Crippen LogP contribution in [0.4, 0.5) is 0 Å². The Hall–Kier alpha value is -2.65. The fourth-order valence-corrected chi connectivity index (χ4v) is 3.73. The lowest BCUT2D eigenvalue weighted by Crippen LogP contribution is -2.35. The summed E-state index contributed by atoms with van der Waals surface area (Å²) in [5.41, 5.74) is 2.37. The van der Waals surface area contributed by atoms with Gasteiger partial charge in [-0.1, -0.05) is 48.6 Å². The van der Waals surface area contributed by atoms with E-state index in [1.54, 1.807) is 0 Å². The maximum absolute atomic E-state index is 6.16. The van der Waals surface area contributed by atoms with E-state index in [0.717, 1.165) is 42.5 Å². The standard InChI is InChI=1S/C24H26N2O/c1-2-7-19(8-3-1)14-16-25-21-10-4-9-20(17-21)18-27-24-13-5-12-23-22(24)11-6-15-26-23/h1-9,11-13,15,20-21,25H,10,14,16-18H2. The summed E-state index contributed by atoms with van der Waals surface area (Å²) >= 11 is 0. The van der Waals surface area contributed by atoms with E-state index in [0.29, 0.717) is 18.6 Å². The molecule has 0 amide bonds. The summed E-state index contributed by atoms with van der Waals surface area (Å²) in [6.07, 6.45) is 9.71. The number of pyridine rings is 1. The Morgan fingerprint density at radius 1 is 1.00 bits per heavy atom. The number of rotatable bonds is 7. The van der Waals surface area contributed by atoms with Crippen molar-refractivity contribution in [1.82, 2.24) is 10.3 Å². The minimum Gasteiger partial charge on any atom is -0.492 e. The van der Waals surface area contributed by atoms with Crippen LogP contribution in [-0.2, 0) is 6.42 Å². The smallest absolute Gasteiger partial charge is 0.128 e. The van der Waals surface area contributed by atoms with Gasteiger partial charge in [-0.15, -0.1) is 0 Å². The van der Waals surface area contributed by atoms with Crippen LogP contribution in [-0.4, -0.2) is 24.2 Å². The summed E-state index contributed by atoms with van der Waals surface area (Å²) in [6.45, 7) is 1.73. The van der Waals surface area contributed by atoms with Crippen molar-refractivity contribution in [2.45, 2.75) is 25.3 Å². The average Bonchev–Trinajstić information content (AvgIpc) is 2.73. The second-order valence-electron chi connectivity index (χ2n) is 7.18. The fourth-order valence-electron chi connectivity index (χ4n) is 3.73.